The first-order valence-electron chi connectivity index (χ1n) is 14.0. The van der Waals surface area contributed by atoms with E-state index in [0.29, 0.717) is 59.3 Å². The van der Waals surface area contributed by atoms with E-state index in [0.717, 1.165) is 32.1 Å². The summed E-state index contributed by atoms with van der Waals surface area (Å²) in [5, 5.41) is 22.3. The van der Waals surface area contributed by atoms with Crippen molar-refractivity contribution in [3.8, 4) is 0 Å². The van der Waals surface area contributed by atoms with Gasteiger partial charge >= 0.3 is 0 Å². The van der Waals surface area contributed by atoms with E-state index in [2.05, 4.69) is 45.8 Å². The van der Waals surface area contributed by atoms with Crippen molar-refractivity contribution in [3.05, 3.63) is 25.4 Å². The number of aliphatic hydroxyl groups is 2. The monoisotopic (exact) mass is 471 g/mol. The molecule has 4 aliphatic rings. The molecule has 0 aliphatic heterocycles. The number of hydrogen-bond donors (Lipinski definition) is 2. The van der Waals surface area contributed by atoms with Crippen LogP contribution in [0.5, 0.6) is 0 Å². The number of rotatable bonds is 7. The van der Waals surface area contributed by atoms with Gasteiger partial charge in [0.25, 0.3) is 0 Å². The summed E-state index contributed by atoms with van der Waals surface area (Å²) in [4.78, 5) is 4.13. The summed E-state index contributed by atoms with van der Waals surface area (Å²) in [5.41, 5.74) is 0.571. The molecule has 192 valence electrons. The highest BCUT2D eigenvalue weighted by atomic mass is 16.5. The Balaban J connectivity index is 1.51. The zero-order valence-electron chi connectivity index (χ0n) is 22.1. The normalized spacial score (nSPS) is 47.2. The molecule has 4 heteroatoms. The molecule has 4 fully saturated rings. The molecule has 0 radical (unpaired) electrons. The summed E-state index contributed by atoms with van der Waals surface area (Å²) in [6, 6.07) is 0. The summed E-state index contributed by atoms with van der Waals surface area (Å²) in [7, 11) is 0. The van der Waals surface area contributed by atoms with Crippen LogP contribution in [-0.2, 0) is 4.74 Å². The highest BCUT2D eigenvalue weighted by molar-refractivity contribution is 5.87. The number of nitrogens with zero attached hydrogens (tertiary/aromatic N) is 1. The molecule has 0 heterocycles. The van der Waals surface area contributed by atoms with Crippen LogP contribution in [0.3, 0.4) is 0 Å². The average molecular weight is 472 g/mol. The van der Waals surface area contributed by atoms with E-state index in [9.17, 15) is 10.2 Å². The first kappa shape index (κ1) is 25.9. The van der Waals surface area contributed by atoms with Gasteiger partial charge in [0.05, 0.1) is 18.8 Å². The third-order valence-electron chi connectivity index (χ3n) is 11.4. The van der Waals surface area contributed by atoms with E-state index < -0.39 is 0 Å². The summed E-state index contributed by atoms with van der Waals surface area (Å²) in [6.45, 7) is 17.8. The molecule has 4 aliphatic carbocycles. The molecule has 0 unspecified atom stereocenters. The topological polar surface area (TPSA) is 62.0 Å². The first-order chi connectivity index (χ1) is 16.2. The van der Waals surface area contributed by atoms with Crippen LogP contribution < -0.4 is 0 Å². The van der Waals surface area contributed by atoms with Gasteiger partial charge in [0, 0.05) is 6.20 Å². The summed E-state index contributed by atoms with van der Waals surface area (Å²) >= 11 is 0. The minimum absolute atomic E-state index is 0.179. The maximum atomic E-state index is 11.8. The number of fused-ring (bicyclic) bond motifs is 5. The third kappa shape index (κ3) is 4.21. The Bertz CT molecular complexity index is 779. The Kier molecular flexibility index (Phi) is 7.70. The van der Waals surface area contributed by atoms with Crippen LogP contribution in [-0.4, -0.2) is 34.9 Å². The standard InChI is InChI=1S/C30H49NO3/c1-7-21-25-18-20(32)12-15-30(25,6)24-13-16-29(5)22(10-11-23(29)27(24)28(21)33)19(4)14-17-34-26(8-2)31-9-3/h8-9,19-25,27-28,32-33H,2-3,7,10-18H2,1,4-6H3/t19-,20-,21-,22-,23+,24+,25+,27+,28-,29-,30-/m1/s1. The third-order valence-corrected chi connectivity index (χ3v) is 11.4. The number of ether oxygens (including phenoxy) is 1. The second-order valence-corrected chi connectivity index (χ2v) is 12.6. The molecule has 11 atom stereocenters. The summed E-state index contributed by atoms with van der Waals surface area (Å²) < 4.78 is 5.84. The zero-order chi connectivity index (χ0) is 24.7. The molecule has 0 aromatic heterocycles. The molecule has 0 amide bonds. The lowest BCUT2D eigenvalue weighted by atomic mass is 9.41. The Labute approximate surface area is 208 Å². The van der Waals surface area contributed by atoms with Crippen molar-refractivity contribution >= 4 is 5.90 Å². The Hall–Kier alpha value is -1.13. The van der Waals surface area contributed by atoms with E-state index in [1.807, 2.05) is 0 Å². The van der Waals surface area contributed by atoms with Crippen molar-refractivity contribution in [3.63, 3.8) is 0 Å². The molecule has 0 saturated heterocycles. The van der Waals surface area contributed by atoms with Crippen LogP contribution >= 0.6 is 0 Å². The van der Waals surface area contributed by atoms with Crippen molar-refractivity contribution in [1.82, 2.24) is 0 Å². The van der Waals surface area contributed by atoms with Crippen LogP contribution in [0.4, 0.5) is 0 Å². The van der Waals surface area contributed by atoms with Crippen molar-refractivity contribution in [1.29, 1.82) is 0 Å². The van der Waals surface area contributed by atoms with E-state index in [4.69, 9.17) is 4.74 Å². The quantitative estimate of drug-likeness (QED) is 0.334. The highest BCUT2D eigenvalue weighted by Crippen LogP contribution is 2.69. The van der Waals surface area contributed by atoms with Crippen LogP contribution in [0.15, 0.2) is 30.4 Å². The predicted octanol–water partition coefficient (Wildman–Crippen LogP) is 6.38. The minimum Gasteiger partial charge on any atom is -0.478 e. The fourth-order valence-electron chi connectivity index (χ4n) is 9.72. The predicted molar refractivity (Wildman–Crippen MR) is 139 cm³/mol. The van der Waals surface area contributed by atoms with Gasteiger partial charge in [-0.1, -0.05) is 47.3 Å². The van der Waals surface area contributed by atoms with Crippen molar-refractivity contribution in [2.45, 2.75) is 97.7 Å². The minimum atomic E-state index is -0.217. The molecular formula is C30H49NO3. The largest absolute Gasteiger partial charge is 0.478 e. The second kappa shape index (κ2) is 10.1. The van der Waals surface area contributed by atoms with Crippen LogP contribution in [0.1, 0.15) is 85.5 Å². The van der Waals surface area contributed by atoms with Gasteiger partial charge in [-0.15, -0.1) is 0 Å². The van der Waals surface area contributed by atoms with Crippen molar-refractivity contribution in [2.24, 2.45) is 57.2 Å². The molecule has 2 N–H and O–H groups in total. The van der Waals surface area contributed by atoms with Gasteiger partial charge in [0.2, 0.25) is 5.90 Å². The van der Waals surface area contributed by atoms with Gasteiger partial charge in [0.1, 0.15) is 0 Å². The fraction of sp³-hybridized carbons (Fsp3) is 0.833. The molecule has 0 bridgehead atoms. The highest BCUT2D eigenvalue weighted by Gasteiger charge is 2.64. The Morgan fingerprint density at radius 3 is 2.44 bits per heavy atom. The van der Waals surface area contributed by atoms with Gasteiger partial charge in [-0.3, -0.25) is 0 Å². The lowest BCUT2D eigenvalue weighted by molar-refractivity contribution is -0.203. The lowest BCUT2D eigenvalue weighted by Crippen LogP contribution is -2.62. The van der Waals surface area contributed by atoms with Crippen LogP contribution in [0.2, 0.25) is 0 Å². The Morgan fingerprint density at radius 2 is 1.76 bits per heavy atom. The number of aliphatic imine (C=N–C) groups is 1. The number of hydrogen-bond acceptors (Lipinski definition) is 4. The van der Waals surface area contributed by atoms with Gasteiger partial charge in [-0.2, -0.15) is 0 Å². The van der Waals surface area contributed by atoms with Crippen LogP contribution in [0.25, 0.3) is 0 Å². The van der Waals surface area contributed by atoms with Gasteiger partial charge in [-0.25, -0.2) is 4.99 Å². The zero-order valence-corrected chi connectivity index (χ0v) is 22.1. The van der Waals surface area contributed by atoms with E-state index in [1.165, 1.54) is 31.9 Å². The van der Waals surface area contributed by atoms with E-state index >= 15 is 0 Å². The second-order valence-electron chi connectivity index (χ2n) is 12.6. The van der Waals surface area contributed by atoms with Gasteiger partial charge in [0.15, 0.2) is 0 Å². The fourth-order valence-corrected chi connectivity index (χ4v) is 9.72. The summed E-state index contributed by atoms with van der Waals surface area (Å²) in [6.07, 6.45) is 12.8. The van der Waals surface area contributed by atoms with E-state index in [1.54, 1.807) is 6.08 Å². The van der Waals surface area contributed by atoms with Crippen LogP contribution in [0, 0.1) is 52.3 Å². The van der Waals surface area contributed by atoms with Gasteiger partial charge < -0.3 is 14.9 Å². The number of aliphatic hydroxyl groups excluding tert-OH is 2. The molecular weight excluding hydrogens is 422 g/mol. The molecule has 4 nitrogen and oxygen atoms in total. The maximum absolute atomic E-state index is 11.8. The maximum Gasteiger partial charge on any atom is 0.212 e. The van der Waals surface area contributed by atoms with E-state index in [-0.39, 0.29) is 17.6 Å². The first-order valence-corrected chi connectivity index (χ1v) is 14.0. The molecule has 0 aromatic carbocycles. The van der Waals surface area contributed by atoms with Crippen molar-refractivity contribution in [2.75, 3.05) is 6.61 Å². The molecule has 0 spiro atoms. The average Bonchev–Trinajstić information content (AvgIpc) is 3.17. The Morgan fingerprint density at radius 1 is 1.06 bits per heavy atom. The van der Waals surface area contributed by atoms with Gasteiger partial charge in [-0.05, 0) is 110 Å². The molecule has 4 rings (SSSR count). The van der Waals surface area contributed by atoms with Crippen molar-refractivity contribution < 1.29 is 14.9 Å². The smallest absolute Gasteiger partial charge is 0.212 e. The molecule has 0 aromatic rings. The molecule has 4 saturated carbocycles. The molecule has 34 heavy (non-hydrogen) atoms. The lowest BCUT2D eigenvalue weighted by Gasteiger charge is -2.64. The summed E-state index contributed by atoms with van der Waals surface area (Å²) in [5.74, 6) is 4.23. The SMILES string of the molecule is C=CN=C(C=C)OCC[C@@H](C)[C@H]1CC[C@H]2[C@@H]3[C@H](O)[C@H](CC)[C@@H]4C[C@H](O)CC[C@]4(C)[C@H]3CC[C@]12C.